The van der Waals surface area contributed by atoms with Crippen LogP contribution in [0.1, 0.15) is 19.8 Å². The Kier molecular flexibility index (Phi) is 6.91. The second-order valence-corrected chi connectivity index (χ2v) is 8.28. The lowest BCUT2D eigenvalue weighted by atomic mass is 10.2. The van der Waals surface area contributed by atoms with E-state index >= 15 is 0 Å². The first-order valence-electron chi connectivity index (χ1n) is 11.1. The molecule has 4 rings (SSSR count). The van der Waals surface area contributed by atoms with Gasteiger partial charge in [0.2, 0.25) is 5.95 Å². The van der Waals surface area contributed by atoms with Crippen LogP contribution in [0.15, 0.2) is 9.59 Å². The van der Waals surface area contributed by atoms with Gasteiger partial charge in [0.05, 0.1) is 25.7 Å². The molecule has 0 bridgehead atoms. The monoisotopic (exact) mass is 498 g/mol. The summed E-state index contributed by atoms with van der Waals surface area (Å²) in [4.78, 5) is 43.6. The number of nitrogens with zero attached hydrogens (tertiary/aromatic N) is 5. The number of halogens is 3. The minimum Gasteiger partial charge on any atom is -0.438 e. The number of hydrogen-bond donors (Lipinski definition) is 1. The van der Waals surface area contributed by atoms with Crippen molar-refractivity contribution < 1.29 is 27.4 Å². The SMILES string of the molecule is CC#CCn1c(N2CCNC(OC(=O)C(F)(F)F)C2)nc2c1c(=O)n(C)c(=O)n2CC1CCCO1. The summed E-state index contributed by atoms with van der Waals surface area (Å²) in [5.41, 5.74) is -0.831. The minimum atomic E-state index is -5.13. The molecular weight excluding hydrogens is 473 g/mol. The third-order valence-corrected chi connectivity index (χ3v) is 5.94. The number of piperazine rings is 1. The van der Waals surface area contributed by atoms with E-state index in [2.05, 4.69) is 26.9 Å². The Bertz CT molecular complexity index is 1300. The van der Waals surface area contributed by atoms with Gasteiger partial charge < -0.3 is 14.4 Å². The molecule has 0 amide bonds. The van der Waals surface area contributed by atoms with Gasteiger partial charge in [-0.25, -0.2) is 9.59 Å². The molecule has 2 saturated heterocycles. The number of carbonyl (C=O) groups excluding carboxylic acids is 1. The smallest absolute Gasteiger partial charge is 0.438 e. The van der Waals surface area contributed by atoms with Crippen molar-refractivity contribution in [1.82, 2.24) is 24.0 Å². The lowest BCUT2D eigenvalue weighted by molar-refractivity contribution is -0.206. The maximum Gasteiger partial charge on any atom is 0.490 e. The molecule has 2 aromatic heterocycles. The highest BCUT2D eigenvalue weighted by Crippen LogP contribution is 2.24. The van der Waals surface area contributed by atoms with Crippen LogP contribution in [0.25, 0.3) is 11.2 Å². The van der Waals surface area contributed by atoms with Crippen molar-refractivity contribution in [1.29, 1.82) is 0 Å². The molecule has 0 aliphatic carbocycles. The molecule has 0 aromatic carbocycles. The molecule has 14 heteroatoms. The Hall–Kier alpha value is -3.31. The van der Waals surface area contributed by atoms with Crippen molar-refractivity contribution in [2.24, 2.45) is 7.05 Å². The number of nitrogens with one attached hydrogen (secondary N) is 1. The highest BCUT2D eigenvalue weighted by atomic mass is 19.4. The summed E-state index contributed by atoms with van der Waals surface area (Å²) in [6.45, 7) is 2.82. The molecule has 0 radical (unpaired) electrons. The topological polar surface area (TPSA) is 113 Å². The fraction of sp³-hybridized carbons (Fsp3) is 0.619. The van der Waals surface area contributed by atoms with Crippen LogP contribution in [0.3, 0.4) is 0 Å². The predicted octanol–water partition coefficient (Wildman–Crippen LogP) is -0.0598. The van der Waals surface area contributed by atoms with Crippen molar-refractivity contribution in [3.8, 4) is 11.8 Å². The fourth-order valence-electron chi connectivity index (χ4n) is 4.22. The van der Waals surface area contributed by atoms with Crippen LogP contribution >= 0.6 is 0 Å². The van der Waals surface area contributed by atoms with E-state index in [0.29, 0.717) is 13.2 Å². The zero-order valence-corrected chi connectivity index (χ0v) is 19.2. The number of anilines is 1. The van der Waals surface area contributed by atoms with Gasteiger partial charge in [0, 0.05) is 26.7 Å². The summed E-state index contributed by atoms with van der Waals surface area (Å²) in [6.07, 6.45) is -4.96. The van der Waals surface area contributed by atoms with Gasteiger partial charge in [-0.3, -0.25) is 23.8 Å². The zero-order valence-electron chi connectivity index (χ0n) is 19.2. The van der Waals surface area contributed by atoms with Crippen molar-refractivity contribution in [2.45, 2.75) is 51.4 Å². The molecule has 2 fully saturated rings. The third kappa shape index (κ3) is 4.92. The van der Waals surface area contributed by atoms with E-state index in [1.807, 2.05) is 0 Å². The van der Waals surface area contributed by atoms with Gasteiger partial charge in [-0.1, -0.05) is 5.92 Å². The summed E-state index contributed by atoms with van der Waals surface area (Å²) >= 11 is 0. The molecule has 0 spiro atoms. The maximum atomic E-state index is 13.1. The maximum absolute atomic E-state index is 13.1. The number of hydrogen-bond acceptors (Lipinski definition) is 8. The number of imidazole rings is 1. The highest BCUT2D eigenvalue weighted by Gasteiger charge is 2.43. The Labute approximate surface area is 197 Å². The van der Waals surface area contributed by atoms with Gasteiger partial charge in [-0.15, -0.1) is 5.92 Å². The summed E-state index contributed by atoms with van der Waals surface area (Å²) in [5, 5.41) is 2.72. The quantitative estimate of drug-likeness (QED) is 0.451. The molecule has 2 unspecified atom stereocenters. The molecular formula is C21H25F3N6O5. The van der Waals surface area contributed by atoms with E-state index in [9.17, 15) is 27.6 Å². The molecule has 1 N–H and O–H groups in total. The third-order valence-electron chi connectivity index (χ3n) is 5.94. The molecule has 190 valence electrons. The van der Waals surface area contributed by atoms with E-state index in [0.717, 1.165) is 17.4 Å². The minimum absolute atomic E-state index is 0.0621. The van der Waals surface area contributed by atoms with Crippen LogP contribution < -0.4 is 21.5 Å². The van der Waals surface area contributed by atoms with Crippen LogP contribution in [0, 0.1) is 11.8 Å². The molecule has 11 nitrogen and oxygen atoms in total. The van der Waals surface area contributed by atoms with Gasteiger partial charge in [-0.2, -0.15) is 18.2 Å². The van der Waals surface area contributed by atoms with Crippen LogP contribution in [0.2, 0.25) is 0 Å². The van der Waals surface area contributed by atoms with Crippen molar-refractivity contribution in [2.75, 3.05) is 31.1 Å². The lowest BCUT2D eigenvalue weighted by Crippen LogP contribution is -2.54. The highest BCUT2D eigenvalue weighted by molar-refractivity contribution is 5.76. The number of aromatic nitrogens is 4. The second-order valence-electron chi connectivity index (χ2n) is 8.28. The van der Waals surface area contributed by atoms with Crippen LogP contribution in [0.4, 0.5) is 19.1 Å². The molecule has 2 aliphatic heterocycles. The fourth-order valence-corrected chi connectivity index (χ4v) is 4.22. The summed E-state index contributed by atoms with van der Waals surface area (Å²) in [5.74, 6) is 3.56. The van der Waals surface area contributed by atoms with E-state index in [1.165, 1.54) is 16.2 Å². The Morgan fingerprint density at radius 2 is 2.09 bits per heavy atom. The van der Waals surface area contributed by atoms with E-state index in [1.54, 1.807) is 11.8 Å². The first kappa shape index (κ1) is 24.8. The zero-order chi connectivity index (χ0) is 25.3. The number of rotatable bonds is 5. The molecule has 0 saturated carbocycles. The average Bonchev–Trinajstić information content (AvgIpc) is 3.46. The number of alkyl halides is 3. The number of fused-ring (bicyclic) bond motifs is 1. The number of esters is 1. The van der Waals surface area contributed by atoms with Crippen LogP contribution in [-0.4, -0.2) is 69.4 Å². The number of carbonyl (C=O) groups is 1. The van der Waals surface area contributed by atoms with Crippen molar-refractivity contribution >= 4 is 23.1 Å². The average molecular weight is 498 g/mol. The largest absolute Gasteiger partial charge is 0.490 e. The molecule has 2 aliphatic rings. The van der Waals surface area contributed by atoms with Crippen molar-refractivity contribution in [3.05, 3.63) is 20.8 Å². The Morgan fingerprint density at radius 1 is 1.31 bits per heavy atom. The van der Waals surface area contributed by atoms with E-state index in [-0.39, 0.29) is 49.4 Å². The molecule has 35 heavy (non-hydrogen) atoms. The number of ether oxygens (including phenoxy) is 2. The summed E-state index contributed by atoms with van der Waals surface area (Å²) < 4.78 is 52.1. The first-order chi connectivity index (χ1) is 16.6. The van der Waals surface area contributed by atoms with Gasteiger partial charge >= 0.3 is 17.8 Å². The summed E-state index contributed by atoms with van der Waals surface area (Å²) in [6, 6.07) is 0. The second kappa shape index (κ2) is 9.74. The van der Waals surface area contributed by atoms with Crippen LogP contribution in [0.5, 0.6) is 0 Å². The molecule has 2 aromatic rings. The first-order valence-corrected chi connectivity index (χ1v) is 11.1. The van der Waals surface area contributed by atoms with Gasteiger partial charge in [0.1, 0.15) is 0 Å². The summed E-state index contributed by atoms with van der Waals surface area (Å²) in [7, 11) is 1.37. The van der Waals surface area contributed by atoms with Crippen molar-refractivity contribution in [3.63, 3.8) is 0 Å². The van der Waals surface area contributed by atoms with E-state index in [4.69, 9.17) is 4.74 Å². The van der Waals surface area contributed by atoms with Gasteiger partial charge in [0.25, 0.3) is 5.56 Å². The Morgan fingerprint density at radius 3 is 2.74 bits per heavy atom. The molecule has 4 heterocycles. The standard InChI is InChI=1S/C21H25F3N6O5/c1-3-4-8-29-15-16(30(11-13-6-5-10-34-13)20(33)27(2)17(15)31)26-19(29)28-9-7-25-14(12-28)35-18(32)21(22,23)24/h13-14,25H,5-12H2,1-2H3. The molecule has 2 atom stereocenters. The lowest BCUT2D eigenvalue weighted by Gasteiger charge is -2.33. The van der Waals surface area contributed by atoms with Crippen LogP contribution in [-0.2, 0) is 34.4 Å². The van der Waals surface area contributed by atoms with Gasteiger partial charge in [0.15, 0.2) is 17.4 Å². The Balaban J connectivity index is 1.78. The normalized spacial score (nSPS) is 20.7. The van der Waals surface area contributed by atoms with Gasteiger partial charge in [-0.05, 0) is 19.8 Å². The van der Waals surface area contributed by atoms with E-state index < -0.39 is 29.6 Å². The predicted molar refractivity (Wildman–Crippen MR) is 118 cm³/mol.